The number of sulfonamides is 1. The van der Waals surface area contributed by atoms with E-state index in [1.807, 2.05) is 13.0 Å². The number of hydrogen-bond acceptors (Lipinski definition) is 5. The molecule has 0 aliphatic rings. The fourth-order valence-electron chi connectivity index (χ4n) is 3.34. The van der Waals surface area contributed by atoms with Crippen LogP contribution in [0, 0.1) is 13.8 Å². The zero-order valence-corrected chi connectivity index (χ0v) is 21.4. The first-order valence-corrected chi connectivity index (χ1v) is 12.3. The lowest BCUT2D eigenvalue weighted by Gasteiger charge is -2.25. The molecule has 3 rings (SSSR count). The minimum absolute atomic E-state index is 0.0907. The van der Waals surface area contributed by atoms with E-state index in [0.29, 0.717) is 17.0 Å². The van der Waals surface area contributed by atoms with Gasteiger partial charge in [0.05, 0.1) is 25.6 Å². The second kappa shape index (κ2) is 10.5. The van der Waals surface area contributed by atoms with Crippen molar-refractivity contribution < 1.29 is 22.7 Å². The first-order valence-electron chi connectivity index (χ1n) is 10.1. The summed E-state index contributed by atoms with van der Waals surface area (Å²) in [4.78, 5) is 13.0. The van der Waals surface area contributed by atoms with Crippen molar-refractivity contribution in [2.24, 2.45) is 0 Å². The van der Waals surface area contributed by atoms with E-state index in [1.54, 1.807) is 31.2 Å². The Balaban J connectivity index is 2.08. The van der Waals surface area contributed by atoms with Crippen LogP contribution in [0.3, 0.4) is 0 Å². The topological polar surface area (TPSA) is 84.9 Å². The molecular formula is C24H24Cl2N2O5S. The number of carbonyl (C=O) groups excluding carboxylic acids is 1. The molecule has 0 heterocycles. The van der Waals surface area contributed by atoms with Crippen molar-refractivity contribution in [3.8, 4) is 11.5 Å². The largest absolute Gasteiger partial charge is 0.495 e. The summed E-state index contributed by atoms with van der Waals surface area (Å²) < 4.78 is 39.2. The molecule has 0 radical (unpaired) electrons. The number of benzene rings is 3. The molecule has 0 aromatic heterocycles. The Hall–Kier alpha value is -2.94. The molecule has 0 spiro atoms. The van der Waals surface area contributed by atoms with E-state index in [2.05, 4.69) is 5.32 Å². The highest BCUT2D eigenvalue weighted by Crippen LogP contribution is 2.34. The lowest BCUT2D eigenvalue weighted by Crippen LogP contribution is -2.38. The van der Waals surface area contributed by atoms with E-state index in [-0.39, 0.29) is 26.4 Å². The summed E-state index contributed by atoms with van der Waals surface area (Å²) in [6, 6.07) is 14.4. The first-order chi connectivity index (χ1) is 16.0. The van der Waals surface area contributed by atoms with Gasteiger partial charge in [0.15, 0.2) is 0 Å². The number of amides is 1. The number of nitrogens with zero attached hydrogens (tertiary/aromatic N) is 1. The van der Waals surface area contributed by atoms with E-state index >= 15 is 0 Å². The van der Waals surface area contributed by atoms with Gasteiger partial charge < -0.3 is 14.8 Å². The number of anilines is 2. The lowest BCUT2D eigenvalue weighted by atomic mass is 10.2. The minimum Gasteiger partial charge on any atom is -0.495 e. The molecule has 0 unspecified atom stereocenters. The fourth-order valence-corrected chi connectivity index (χ4v) is 5.50. The average Bonchev–Trinajstić information content (AvgIpc) is 2.76. The highest BCUT2D eigenvalue weighted by Gasteiger charge is 2.31. The second-order valence-corrected chi connectivity index (χ2v) is 10.2. The molecule has 3 aromatic carbocycles. The predicted octanol–water partition coefficient (Wildman–Crippen LogP) is 5.46. The number of rotatable bonds is 8. The molecule has 34 heavy (non-hydrogen) atoms. The summed E-state index contributed by atoms with van der Waals surface area (Å²) in [6.45, 7) is 3.08. The monoisotopic (exact) mass is 522 g/mol. The molecule has 7 nitrogen and oxygen atoms in total. The van der Waals surface area contributed by atoms with Crippen LogP contribution in [-0.2, 0) is 14.8 Å². The number of methoxy groups -OCH3 is 2. The first kappa shape index (κ1) is 25.7. The van der Waals surface area contributed by atoms with Crippen LogP contribution in [-0.4, -0.2) is 35.1 Å². The third kappa shape index (κ3) is 5.75. The lowest BCUT2D eigenvalue weighted by molar-refractivity contribution is -0.114. The molecule has 0 aliphatic carbocycles. The van der Waals surface area contributed by atoms with Gasteiger partial charge >= 0.3 is 0 Å². The molecule has 1 N–H and O–H groups in total. The van der Waals surface area contributed by atoms with Crippen molar-refractivity contribution >= 4 is 50.5 Å². The van der Waals surface area contributed by atoms with Crippen molar-refractivity contribution in [3.63, 3.8) is 0 Å². The van der Waals surface area contributed by atoms with Crippen LogP contribution in [0.1, 0.15) is 11.1 Å². The van der Waals surface area contributed by atoms with Gasteiger partial charge in [0, 0.05) is 10.0 Å². The van der Waals surface area contributed by atoms with E-state index in [4.69, 9.17) is 32.7 Å². The van der Waals surface area contributed by atoms with Crippen molar-refractivity contribution in [1.29, 1.82) is 0 Å². The molecule has 0 fully saturated rings. The van der Waals surface area contributed by atoms with Gasteiger partial charge in [0.2, 0.25) is 5.91 Å². The molecule has 10 heteroatoms. The zero-order valence-electron chi connectivity index (χ0n) is 19.1. The summed E-state index contributed by atoms with van der Waals surface area (Å²) in [7, 11) is -1.41. The maximum absolute atomic E-state index is 13.8. The van der Waals surface area contributed by atoms with Crippen LogP contribution < -0.4 is 19.1 Å². The molecule has 180 valence electrons. The van der Waals surface area contributed by atoms with E-state index in [9.17, 15) is 13.2 Å². The third-order valence-corrected chi connectivity index (χ3v) is 7.17. The summed E-state index contributed by atoms with van der Waals surface area (Å²) >= 11 is 12.3. The molecule has 3 aromatic rings. The van der Waals surface area contributed by atoms with Crippen molar-refractivity contribution in [1.82, 2.24) is 0 Å². The molecule has 0 saturated carbocycles. The average molecular weight is 523 g/mol. The highest BCUT2D eigenvalue weighted by molar-refractivity contribution is 7.93. The maximum atomic E-state index is 13.8. The third-order valence-electron chi connectivity index (χ3n) is 4.94. The van der Waals surface area contributed by atoms with Gasteiger partial charge in [-0.15, -0.1) is 0 Å². The van der Waals surface area contributed by atoms with Crippen LogP contribution >= 0.6 is 23.2 Å². The Bertz CT molecular complexity index is 1310. The molecule has 0 saturated heterocycles. The van der Waals surface area contributed by atoms with Crippen LogP contribution in [0.5, 0.6) is 11.5 Å². The van der Waals surface area contributed by atoms with Gasteiger partial charge in [-0.3, -0.25) is 9.10 Å². The Morgan fingerprint density at radius 3 is 2.03 bits per heavy atom. The summed E-state index contributed by atoms with van der Waals surface area (Å²) in [5.41, 5.74) is 2.15. The van der Waals surface area contributed by atoms with Crippen LogP contribution in [0.4, 0.5) is 11.4 Å². The Kier molecular flexibility index (Phi) is 7.97. The number of carbonyl (C=O) groups is 1. The minimum atomic E-state index is -4.27. The SMILES string of the molecule is COc1ccc(C)cc1NC(=O)CN(c1cc(Cl)cc(Cl)c1)S(=O)(=O)c1cc(C)ccc1OC. The molecule has 0 bridgehead atoms. The molecular weight excluding hydrogens is 499 g/mol. The predicted molar refractivity (Wildman–Crippen MR) is 135 cm³/mol. The van der Waals surface area contributed by atoms with E-state index in [0.717, 1.165) is 9.87 Å². The molecule has 0 aliphatic heterocycles. The summed E-state index contributed by atoms with van der Waals surface area (Å²) in [5.74, 6) is -0.000750. The van der Waals surface area contributed by atoms with Crippen molar-refractivity contribution in [3.05, 3.63) is 75.8 Å². The van der Waals surface area contributed by atoms with Gasteiger partial charge in [-0.2, -0.15) is 0 Å². The van der Waals surface area contributed by atoms with Crippen LogP contribution in [0.15, 0.2) is 59.5 Å². The van der Waals surface area contributed by atoms with Crippen LogP contribution in [0.25, 0.3) is 0 Å². The fraction of sp³-hybridized carbons (Fsp3) is 0.208. The quantitative estimate of drug-likeness (QED) is 0.424. The van der Waals surface area contributed by atoms with Crippen molar-refractivity contribution in [2.45, 2.75) is 18.7 Å². The van der Waals surface area contributed by atoms with Crippen LogP contribution in [0.2, 0.25) is 10.0 Å². The maximum Gasteiger partial charge on any atom is 0.268 e. The van der Waals surface area contributed by atoms with E-state index < -0.39 is 22.5 Å². The summed E-state index contributed by atoms with van der Waals surface area (Å²) in [6.07, 6.45) is 0. The smallest absolute Gasteiger partial charge is 0.268 e. The Morgan fingerprint density at radius 2 is 1.44 bits per heavy atom. The number of halogens is 2. The van der Waals surface area contributed by atoms with Gasteiger partial charge in [-0.1, -0.05) is 35.3 Å². The normalized spacial score (nSPS) is 11.1. The second-order valence-electron chi connectivity index (χ2n) is 7.55. The Morgan fingerprint density at radius 1 is 0.882 bits per heavy atom. The molecule has 0 atom stereocenters. The van der Waals surface area contributed by atoms with Crippen molar-refractivity contribution in [2.75, 3.05) is 30.4 Å². The molecule has 1 amide bonds. The number of ether oxygens (including phenoxy) is 2. The number of aryl methyl sites for hydroxylation is 2. The van der Waals surface area contributed by atoms with Gasteiger partial charge in [-0.25, -0.2) is 8.42 Å². The number of nitrogens with one attached hydrogen (secondary N) is 1. The van der Waals surface area contributed by atoms with Gasteiger partial charge in [0.25, 0.3) is 10.0 Å². The highest BCUT2D eigenvalue weighted by atomic mass is 35.5. The summed E-state index contributed by atoms with van der Waals surface area (Å²) in [5, 5.41) is 3.17. The zero-order chi connectivity index (χ0) is 25.0. The van der Waals surface area contributed by atoms with E-state index in [1.165, 1.54) is 38.5 Å². The standard InChI is InChI=1S/C24H24Cl2N2O5S/c1-15-5-7-21(32-3)20(9-15)27-24(29)14-28(19-12-17(25)11-18(26)13-19)34(30,31)23-10-16(2)6-8-22(23)33-4/h5-13H,14H2,1-4H3,(H,27,29). The van der Waals surface area contributed by atoms with Gasteiger partial charge in [0.1, 0.15) is 22.9 Å². The van der Waals surface area contributed by atoms with Gasteiger partial charge in [-0.05, 0) is 67.4 Å². The Labute approximate surface area is 209 Å². The number of hydrogen-bond donors (Lipinski definition) is 1.